The Morgan fingerprint density at radius 1 is 1.57 bits per heavy atom. The number of hydrogen-bond donors (Lipinski definition) is 2. The van der Waals surface area contributed by atoms with Crippen LogP contribution in [0.5, 0.6) is 0 Å². The molecule has 9 heteroatoms. The Labute approximate surface area is 123 Å². The fourth-order valence-electron chi connectivity index (χ4n) is 2.21. The minimum Gasteiger partial charge on any atom is -0.468 e. The van der Waals surface area contributed by atoms with Crippen molar-refractivity contribution in [3.05, 3.63) is 18.2 Å². The molecule has 2 N–H and O–H groups in total. The largest absolute Gasteiger partial charge is 0.468 e. The van der Waals surface area contributed by atoms with Gasteiger partial charge in [-0.25, -0.2) is 18.1 Å². The van der Waals surface area contributed by atoms with Gasteiger partial charge in [0, 0.05) is 31.5 Å². The third kappa shape index (κ3) is 4.26. The molecule has 0 bridgehead atoms. The van der Waals surface area contributed by atoms with Crippen molar-refractivity contribution in [1.29, 1.82) is 0 Å². The molecule has 21 heavy (non-hydrogen) atoms. The lowest BCUT2D eigenvalue weighted by Crippen LogP contribution is -2.48. The quantitative estimate of drug-likeness (QED) is 0.690. The van der Waals surface area contributed by atoms with E-state index in [2.05, 4.69) is 19.4 Å². The third-order valence-electron chi connectivity index (χ3n) is 3.38. The van der Waals surface area contributed by atoms with E-state index in [1.54, 1.807) is 6.20 Å². The Balaban J connectivity index is 2.08. The number of esters is 1. The van der Waals surface area contributed by atoms with E-state index in [1.807, 2.05) is 0 Å². The molecule has 118 valence electrons. The molecule has 1 aromatic heterocycles. The number of aromatic nitrogens is 2. The number of carbonyl (C=O) groups excluding carboxylic acids is 1. The van der Waals surface area contributed by atoms with E-state index in [0.717, 1.165) is 0 Å². The van der Waals surface area contributed by atoms with Crippen LogP contribution in [0.2, 0.25) is 0 Å². The molecule has 0 radical (unpaired) electrons. The normalized spacial score (nSPS) is 18.3. The van der Waals surface area contributed by atoms with Crippen molar-refractivity contribution in [2.75, 3.05) is 20.3 Å². The number of nitrogens with one attached hydrogen (secondary N) is 2. The highest BCUT2D eigenvalue weighted by molar-refractivity contribution is 7.90. The smallest absolute Gasteiger partial charge is 0.324 e. The van der Waals surface area contributed by atoms with Crippen molar-refractivity contribution in [1.82, 2.24) is 14.7 Å². The molecule has 1 saturated heterocycles. The molecule has 1 fully saturated rings. The Hall–Kier alpha value is -1.45. The van der Waals surface area contributed by atoms with Crippen molar-refractivity contribution in [3.8, 4) is 0 Å². The highest BCUT2D eigenvalue weighted by atomic mass is 32.2. The van der Waals surface area contributed by atoms with E-state index < -0.39 is 27.3 Å². The monoisotopic (exact) mass is 317 g/mol. The number of ether oxygens (including phenoxy) is 2. The molecule has 8 nitrogen and oxygen atoms in total. The molecule has 0 saturated carbocycles. The Morgan fingerprint density at radius 2 is 2.29 bits per heavy atom. The summed E-state index contributed by atoms with van der Waals surface area (Å²) in [4.78, 5) is 18.5. The SMILES string of the molecule is COC(=O)[C@H](Cc1cnc[nH]1)NS(=O)(=O)C1CCOCC1. The maximum absolute atomic E-state index is 12.3. The van der Waals surface area contributed by atoms with E-state index in [0.29, 0.717) is 31.7 Å². The molecule has 1 atom stereocenters. The number of carbonyl (C=O) groups is 1. The van der Waals surface area contributed by atoms with Crippen LogP contribution in [0.1, 0.15) is 18.5 Å². The molecule has 0 spiro atoms. The Morgan fingerprint density at radius 3 is 2.86 bits per heavy atom. The van der Waals surface area contributed by atoms with E-state index in [-0.39, 0.29) is 6.42 Å². The zero-order valence-corrected chi connectivity index (χ0v) is 12.6. The van der Waals surface area contributed by atoms with Gasteiger partial charge in [0.25, 0.3) is 0 Å². The number of nitrogens with zero attached hydrogens (tertiary/aromatic N) is 1. The van der Waals surface area contributed by atoms with E-state index in [1.165, 1.54) is 13.4 Å². The van der Waals surface area contributed by atoms with Crippen LogP contribution in [-0.4, -0.2) is 56.0 Å². The van der Waals surface area contributed by atoms with Crippen molar-refractivity contribution in [3.63, 3.8) is 0 Å². The predicted octanol–water partition coefficient (Wildman–Crippen LogP) is -0.408. The van der Waals surface area contributed by atoms with E-state index in [9.17, 15) is 13.2 Å². The van der Waals surface area contributed by atoms with E-state index in [4.69, 9.17) is 4.74 Å². The predicted molar refractivity (Wildman–Crippen MR) is 74.0 cm³/mol. The summed E-state index contributed by atoms with van der Waals surface area (Å²) < 4.78 is 37.0. The number of H-pyrrole nitrogens is 1. The van der Waals surface area contributed by atoms with Crippen LogP contribution in [0.3, 0.4) is 0 Å². The van der Waals surface area contributed by atoms with Gasteiger partial charge in [0.2, 0.25) is 10.0 Å². The maximum atomic E-state index is 12.3. The first-order chi connectivity index (χ1) is 10.0. The summed E-state index contributed by atoms with van der Waals surface area (Å²) in [6.45, 7) is 0.823. The summed E-state index contributed by atoms with van der Waals surface area (Å²) in [6.07, 6.45) is 4.02. The van der Waals surface area contributed by atoms with Gasteiger partial charge in [0.05, 0.1) is 18.7 Å². The molecule has 1 aliphatic heterocycles. The van der Waals surface area contributed by atoms with Gasteiger partial charge in [-0.05, 0) is 12.8 Å². The van der Waals surface area contributed by atoms with Crippen molar-refractivity contribution < 1.29 is 22.7 Å². The van der Waals surface area contributed by atoms with Crippen molar-refractivity contribution in [2.45, 2.75) is 30.6 Å². The first-order valence-electron chi connectivity index (χ1n) is 6.67. The van der Waals surface area contributed by atoms with Gasteiger partial charge in [0.1, 0.15) is 6.04 Å². The lowest BCUT2D eigenvalue weighted by atomic mass is 10.2. The Bertz CT molecular complexity index is 551. The highest BCUT2D eigenvalue weighted by Crippen LogP contribution is 2.16. The van der Waals surface area contributed by atoms with Crippen LogP contribution in [0.4, 0.5) is 0 Å². The molecular weight excluding hydrogens is 298 g/mol. The highest BCUT2D eigenvalue weighted by Gasteiger charge is 2.33. The second-order valence-corrected chi connectivity index (χ2v) is 6.82. The lowest BCUT2D eigenvalue weighted by molar-refractivity contribution is -0.142. The van der Waals surface area contributed by atoms with Gasteiger partial charge in [-0.15, -0.1) is 0 Å². The second kappa shape index (κ2) is 7.01. The summed E-state index contributed by atoms with van der Waals surface area (Å²) in [5, 5.41) is -0.542. The number of imidazole rings is 1. The molecule has 2 heterocycles. The zero-order valence-electron chi connectivity index (χ0n) is 11.7. The topological polar surface area (TPSA) is 110 Å². The lowest BCUT2D eigenvalue weighted by Gasteiger charge is -2.24. The zero-order chi connectivity index (χ0) is 15.3. The van der Waals surface area contributed by atoms with Crippen molar-refractivity contribution >= 4 is 16.0 Å². The van der Waals surface area contributed by atoms with Crippen LogP contribution in [0.25, 0.3) is 0 Å². The molecule has 2 rings (SSSR count). The Kier molecular flexibility index (Phi) is 5.32. The minimum absolute atomic E-state index is 0.162. The molecular formula is C12H19N3O5S. The van der Waals surface area contributed by atoms with Gasteiger partial charge in [-0.2, -0.15) is 0 Å². The third-order valence-corrected chi connectivity index (χ3v) is 5.34. The van der Waals surface area contributed by atoms with Gasteiger partial charge in [-0.3, -0.25) is 4.79 Å². The van der Waals surface area contributed by atoms with Crippen LogP contribution in [-0.2, 0) is 30.7 Å². The molecule has 0 aromatic carbocycles. The number of aromatic amines is 1. The summed E-state index contributed by atoms with van der Waals surface area (Å²) in [5.74, 6) is -0.625. The average Bonchev–Trinajstić information content (AvgIpc) is 2.99. The summed E-state index contributed by atoms with van der Waals surface area (Å²) >= 11 is 0. The number of methoxy groups -OCH3 is 1. The van der Waals surface area contributed by atoms with Gasteiger partial charge < -0.3 is 14.5 Å². The van der Waals surface area contributed by atoms with Crippen LogP contribution >= 0.6 is 0 Å². The standard InChI is InChI=1S/C12H19N3O5S/c1-19-12(16)11(6-9-7-13-8-14-9)15-21(17,18)10-2-4-20-5-3-10/h7-8,10-11,15H,2-6H2,1H3,(H,13,14)/t11-/m0/s1. The van der Waals surface area contributed by atoms with Gasteiger partial charge >= 0.3 is 5.97 Å². The van der Waals surface area contributed by atoms with E-state index >= 15 is 0 Å². The molecule has 0 aliphatic carbocycles. The summed E-state index contributed by atoms with van der Waals surface area (Å²) in [6, 6.07) is -0.969. The number of hydrogen-bond acceptors (Lipinski definition) is 6. The number of sulfonamides is 1. The molecule has 0 unspecified atom stereocenters. The van der Waals surface area contributed by atoms with Crippen LogP contribution in [0.15, 0.2) is 12.5 Å². The van der Waals surface area contributed by atoms with Crippen LogP contribution in [0, 0.1) is 0 Å². The summed E-state index contributed by atoms with van der Waals surface area (Å²) in [5.41, 5.74) is 0.653. The minimum atomic E-state index is -3.61. The molecule has 1 aliphatic rings. The average molecular weight is 317 g/mol. The fourth-order valence-corrected chi connectivity index (χ4v) is 3.79. The van der Waals surface area contributed by atoms with Gasteiger partial charge in [-0.1, -0.05) is 0 Å². The first-order valence-corrected chi connectivity index (χ1v) is 8.21. The van der Waals surface area contributed by atoms with Crippen LogP contribution < -0.4 is 4.72 Å². The molecule has 1 aromatic rings. The molecule has 0 amide bonds. The van der Waals surface area contributed by atoms with Gasteiger partial charge in [0.15, 0.2) is 0 Å². The first kappa shape index (κ1) is 15.9. The van der Waals surface area contributed by atoms with Crippen molar-refractivity contribution in [2.24, 2.45) is 0 Å². The second-order valence-electron chi connectivity index (χ2n) is 4.83. The maximum Gasteiger partial charge on any atom is 0.324 e. The number of rotatable bonds is 6. The summed E-state index contributed by atoms with van der Waals surface area (Å²) in [7, 11) is -2.38. The fraction of sp³-hybridized carbons (Fsp3) is 0.667.